The summed E-state index contributed by atoms with van der Waals surface area (Å²) < 4.78 is 13.1. The van der Waals surface area contributed by atoms with Gasteiger partial charge in [0.25, 0.3) is 5.56 Å². The van der Waals surface area contributed by atoms with E-state index in [4.69, 9.17) is 32.7 Å². The highest BCUT2D eigenvalue weighted by molar-refractivity contribution is 9.10. The average molecular weight is 620 g/mol. The monoisotopic (exact) mass is 618 g/mol. The molecule has 0 unspecified atom stereocenters. The standard InChI is InChI=1S/C26H21BrCl2N4O5/c1-14(2)25-31-21-7-5-17(27)11-18(21)26(34)32(25)30-12-16-9-22(33(35)36)24(23(10-16)37-3)38-13-15-4-6-19(28)20(29)8-15/h4-12,14H,13H2,1-3H3. The van der Waals surface area contributed by atoms with Crippen LogP contribution in [-0.2, 0) is 6.61 Å². The molecule has 12 heteroatoms. The van der Waals surface area contributed by atoms with Crippen LogP contribution in [0.1, 0.15) is 36.7 Å². The third-order valence-corrected chi connectivity index (χ3v) is 6.75. The summed E-state index contributed by atoms with van der Waals surface area (Å²) in [5.74, 6) is 0.397. The Morgan fingerprint density at radius 1 is 1.16 bits per heavy atom. The minimum atomic E-state index is -0.579. The molecule has 1 heterocycles. The average Bonchev–Trinajstić information content (AvgIpc) is 2.88. The predicted octanol–water partition coefficient (Wildman–Crippen LogP) is 6.97. The molecule has 0 aliphatic heterocycles. The molecular weight excluding hydrogens is 599 g/mol. The van der Waals surface area contributed by atoms with E-state index in [2.05, 4.69) is 26.0 Å². The fraction of sp³-hybridized carbons (Fsp3) is 0.192. The molecule has 38 heavy (non-hydrogen) atoms. The van der Waals surface area contributed by atoms with Crippen molar-refractivity contribution in [1.82, 2.24) is 9.66 Å². The van der Waals surface area contributed by atoms with Gasteiger partial charge in [0.1, 0.15) is 12.4 Å². The highest BCUT2D eigenvalue weighted by Crippen LogP contribution is 2.38. The molecule has 4 aromatic rings. The van der Waals surface area contributed by atoms with E-state index in [9.17, 15) is 14.9 Å². The van der Waals surface area contributed by atoms with Crippen LogP contribution in [0, 0.1) is 10.1 Å². The van der Waals surface area contributed by atoms with E-state index in [-0.39, 0.29) is 35.3 Å². The number of nitro benzene ring substituents is 1. The minimum absolute atomic E-state index is 0.00696. The third-order valence-electron chi connectivity index (χ3n) is 5.51. The number of halogens is 3. The van der Waals surface area contributed by atoms with Gasteiger partial charge in [-0.3, -0.25) is 14.9 Å². The number of hydrogen-bond donors (Lipinski definition) is 0. The summed E-state index contributed by atoms with van der Waals surface area (Å²) in [5.41, 5.74) is 0.847. The summed E-state index contributed by atoms with van der Waals surface area (Å²) in [6.07, 6.45) is 1.34. The van der Waals surface area contributed by atoms with E-state index in [0.29, 0.717) is 37.9 Å². The lowest BCUT2D eigenvalue weighted by molar-refractivity contribution is -0.386. The molecule has 4 rings (SSSR count). The first-order valence-corrected chi connectivity index (χ1v) is 12.8. The molecule has 0 saturated carbocycles. The molecule has 0 fully saturated rings. The maximum atomic E-state index is 13.3. The Morgan fingerprint density at radius 2 is 1.92 bits per heavy atom. The molecule has 0 bridgehead atoms. The molecule has 0 spiro atoms. The summed E-state index contributed by atoms with van der Waals surface area (Å²) in [6.45, 7) is 3.78. The highest BCUT2D eigenvalue weighted by Gasteiger charge is 2.23. The number of nitro groups is 1. The van der Waals surface area contributed by atoms with E-state index < -0.39 is 4.92 Å². The first-order valence-electron chi connectivity index (χ1n) is 11.3. The molecule has 0 atom stereocenters. The van der Waals surface area contributed by atoms with Gasteiger partial charge in [-0.1, -0.05) is 59.0 Å². The lowest BCUT2D eigenvalue weighted by Gasteiger charge is -2.13. The second-order valence-corrected chi connectivity index (χ2v) is 10.2. The Hall–Kier alpha value is -3.47. The first kappa shape index (κ1) is 27.6. The Bertz CT molecular complexity index is 1640. The lowest BCUT2D eigenvalue weighted by atomic mass is 10.1. The second-order valence-electron chi connectivity index (χ2n) is 8.51. The Labute approximate surface area is 235 Å². The zero-order valence-corrected chi connectivity index (χ0v) is 23.5. The van der Waals surface area contributed by atoms with Crippen LogP contribution in [0.15, 0.2) is 62.9 Å². The van der Waals surface area contributed by atoms with Gasteiger partial charge in [-0.05, 0) is 42.0 Å². The molecule has 0 radical (unpaired) electrons. The number of methoxy groups -OCH3 is 1. The Kier molecular flexibility index (Phi) is 8.35. The Morgan fingerprint density at radius 3 is 2.58 bits per heavy atom. The summed E-state index contributed by atoms with van der Waals surface area (Å²) in [7, 11) is 1.37. The van der Waals surface area contributed by atoms with E-state index in [1.54, 1.807) is 30.3 Å². The molecule has 196 valence electrons. The van der Waals surface area contributed by atoms with E-state index in [0.717, 1.165) is 4.47 Å². The van der Waals surface area contributed by atoms with E-state index in [1.807, 2.05) is 19.9 Å². The van der Waals surface area contributed by atoms with Crippen molar-refractivity contribution in [2.75, 3.05) is 7.11 Å². The summed E-state index contributed by atoms with van der Waals surface area (Å²) >= 11 is 15.4. The number of hydrogen-bond acceptors (Lipinski definition) is 7. The molecular formula is C26H21BrCl2N4O5. The molecule has 3 aromatic carbocycles. The van der Waals surface area contributed by atoms with Gasteiger partial charge >= 0.3 is 5.69 Å². The van der Waals surface area contributed by atoms with Crippen molar-refractivity contribution in [3.8, 4) is 11.5 Å². The van der Waals surface area contributed by atoms with E-state index >= 15 is 0 Å². The molecule has 0 aliphatic carbocycles. The van der Waals surface area contributed by atoms with Crippen LogP contribution in [0.4, 0.5) is 5.69 Å². The van der Waals surface area contributed by atoms with Gasteiger partial charge in [0.2, 0.25) is 5.75 Å². The minimum Gasteiger partial charge on any atom is -0.493 e. The molecule has 1 aromatic heterocycles. The fourth-order valence-corrected chi connectivity index (χ4v) is 4.36. The van der Waals surface area contributed by atoms with Crippen molar-refractivity contribution >= 4 is 61.9 Å². The van der Waals surface area contributed by atoms with Crippen LogP contribution >= 0.6 is 39.1 Å². The molecule has 9 nitrogen and oxygen atoms in total. The van der Waals surface area contributed by atoms with Crippen LogP contribution in [-0.4, -0.2) is 27.9 Å². The van der Waals surface area contributed by atoms with Gasteiger partial charge in [0.15, 0.2) is 5.75 Å². The number of ether oxygens (including phenoxy) is 2. The lowest BCUT2D eigenvalue weighted by Crippen LogP contribution is -2.23. The van der Waals surface area contributed by atoms with Gasteiger partial charge in [0, 0.05) is 22.0 Å². The predicted molar refractivity (Wildman–Crippen MR) is 151 cm³/mol. The Balaban J connectivity index is 1.75. The van der Waals surface area contributed by atoms with Crippen molar-refractivity contribution < 1.29 is 14.4 Å². The molecule has 0 amide bonds. The third kappa shape index (κ3) is 5.82. The maximum absolute atomic E-state index is 13.3. The highest BCUT2D eigenvalue weighted by atomic mass is 79.9. The number of benzene rings is 3. The SMILES string of the molecule is COc1cc(C=Nn2c(C(C)C)nc3ccc(Br)cc3c2=O)cc([N+](=O)[O-])c1OCc1ccc(Cl)c(Cl)c1. The van der Waals surface area contributed by atoms with Crippen molar-refractivity contribution in [1.29, 1.82) is 0 Å². The van der Waals surface area contributed by atoms with Crippen LogP contribution in [0.5, 0.6) is 11.5 Å². The number of fused-ring (bicyclic) bond motifs is 1. The van der Waals surface area contributed by atoms with Gasteiger partial charge in [0.05, 0.1) is 39.2 Å². The van der Waals surface area contributed by atoms with Crippen molar-refractivity contribution in [2.45, 2.75) is 26.4 Å². The molecule has 0 saturated heterocycles. The number of nitrogens with zero attached hydrogens (tertiary/aromatic N) is 4. The molecule has 0 aliphatic rings. The van der Waals surface area contributed by atoms with Crippen LogP contribution in [0.25, 0.3) is 10.9 Å². The summed E-state index contributed by atoms with van der Waals surface area (Å²) in [4.78, 5) is 29.2. The largest absolute Gasteiger partial charge is 0.493 e. The summed E-state index contributed by atoms with van der Waals surface area (Å²) in [6, 6.07) is 13.0. The van der Waals surface area contributed by atoms with Crippen LogP contribution in [0.3, 0.4) is 0 Å². The normalized spacial score (nSPS) is 11.4. The van der Waals surface area contributed by atoms with Gasteiger partial charge < -0.3 is 9.47 Å². The number of rotatable bonds is 8. The zero-order chi connectivity index (χ0) is 27.6. The van der Waals surface area contributed by atoms with Crippen molar-refractivity contribution in [2.24, 2.45) is 5.10 Å². The van der Waals surface area contributed by atoms with Crippen LogP contribution in [0.2, 0.25) is 10.0 Å². The fourth-order valence-electron chi connectivity index (χ4n) is 3.68. The van der Waals surface area contributed by atoms with E-state index in [1.165, 1.54) is 30.1 Å². The maximum Gasteiger partial charge on any atom is 0.315 e. The van der Waals surface area contributed by atoms with Gasteiger partial charge in [-0.15, -0.1) is 0 Å². The smallest absolute Gasteiger partial charge is 0.315 e. The van der Waals surface area contributed by atoms with Crippen molar-refractivity contribution in [3.63, 3.8) is 0 Å². The van der Waals surface area contributed by atoms with Crippen LogP contribution < -0.4 is 15.0 Å². The van der Waals surface area contributed by atoms with Crippen molar-refractivity contribution in [3.05, 3.63) is 100 Å². The zero-order valence-electron chi connectivity index (χ0n) is 20.4. The number of aromatic nitrogens is 2. The first-order chi connectivity index (χ1) is 18.1. The summed E-state index contributed by atoms with van der Waals surface area (Å²) in [5, 5.41) is 17.4. The van der Waals surface area contributed by atoms with Gasteiger partial charge in [-0.2, -0.15) is 9.78 Å². The second kappa shape index (κ2) is 11.5. The van der Waals surface area contributed by atoms with Gasteiger partial charge in [-0.25, -0.2) is 4.98 Å². The molecule has 0 N–H and O–H groups in total. The quantitative estimate of drug-likeness (QED) is 0.120. The topological polar surface area (TPSA) is 109 Å².